The molecule has 3 amide bonds. The molecule has 3 aromatic carbocycles. The van der Waals surface area contributed by atoms with Crippen molar-refractivity contribution in [1.29, 1.82) is 5.26 Å². The van der Waals surface area contributed by atoms with Crippen molar-refractivity contribution in [2.24, 2.45) is 12.5 Å². The molecule has 4 fully saturated rings. The number of urea groups is 1. The highest BCUT2D eigenvalue weighted by Gasteiger charge is 2.50. The third-order valence-corrected chi connectivity index (χ3v) is 13.9. The zero-order valence-electron chi connectivity index (χ0n) is 33.7. The van der Waals surface area contributed by atoms with E-state index in [2.05, 4.69) is 31.1 Å². The molecule has 0 radical (unpaired) electrons. The number of nitrogens with zero attached hydrogens (tertiary/aromatic N) is 8. The van der Waals surface area contributed by atoms with Crippen LogP contribution >= 0.6 is 12.1 Å². The first-order chi connectivity index (χ1) is 28.9. The lowest BCUT2D eigenvalue weighted by Crippen LogP contribution is -2.49. The number of aryl methyl sites for hydroxylation is 1. The van der Waals surface area contributed by atoms with Gasteiger partial charge in [-0.3, -0.25) is 34.0 Å². The Labute approximate surface area is 349 Å². The van der Waals surface area contributed by atoms with Crippen molar-refractivity contribution in [3.05, 3.63) is 81.9 Å². The number of hydrogen-bond donors (Lipinski definition) is 2. The average molecular weight is 837 g/mol. The van der Waals surface area contributed by atoms with Gasteiger partial charge in [-0.25, -0.2) is 22.9 Å². The normalized spacial score (nSPS) is 23.4. The van der Waals surface area contributed by atoms with Crippen molar-refractivity contribution in [3.63, 3.8) is 0 Å². The molecular formula is C43H46F2N10O4S. The average Bonchev–Trinajstić information content (AvgIpc) is 3.82. The van der Waals surface area contributed by atoms with Gasteiger partial charge in [0.15, 0.2) is 17.4 Å². The third-order valence-electron chi connectivity index (χ3n) is 13.1. The number of carbonyl (C=O) groups is 2. The maximum absolute atomic E-state index is 15.8. The Hall–Kier alpha value is -5.57. The van der Waals surface area contributed by atoms with Gasteiger partial charge in [-0.2, -0.15) is 10.4 Å². The minimum atomic E-state index is -0.688. The molecule has 60 heavy (non-hydrogen) atoms. The summed E-state index contributed by atoms with van der Waals surface area (Å²) in [5.41, 5.74) is 2.31. The number of fused-ring (bicyclic) bond motifs is 2. The van der Waals surface area contributed by atoms with Crippen molar-refractivity contribution < 1.29 is 23.1 Å². The van der Waals surface area contributed by atoms with Gasteiger partial charge in [0.2, 0.25) is 5.91 Å². The number of ether oxygens (including phenoxy) is 1. The van der Waals surface area contributed by atoms with E-state index in [-0.39, 0.29) is 64.7 Å². The SMILES string of the molecule is CCN(C)SNc1ccc(F)c(Oc2ccc3ncn(C4CC5(CCN(C6CCC(c7cc8c(cc7F)c(N7CCC(=O)NC7=O)nn8C)CC6)C5)C4)c(=O)c3c2)c1C#N. The van der Waals surface area contributed by atoms with Crippen molar-refractivity contribution >= 4 is 57.4 Å². The van der Waals surface area contributed by atoms with Crippen molar-refractivity contribution in [2.45, 2.75) is 76.3 Å². The summed E-state index contributed by atoms with van der Waals surface area (Å²) in [5.74, 6) is -0.880. The topological polar surface area (TPSA) is 154 Å². The summed E-state index contributed by atoms with van der Waals surface area (Å²) < 4.78 is 45.2. The Bertz CT molecular complexity index is 2630. The van der Waals surface area contributed by atoms with Crippen molar-refractivity contribution in [3.8, 4) is 17.6 Å². The number of carbonyl (C=O) groups excluding carboxylic acids is 2. The van der Waals surface area contributed by atoms with E-state index >= 15 is 8.78 Å². The molecule has 4 aliphatic rings. The Morgan fingerprint density at radius 2 is 1.83 bits per heavy atom. The van der Waals surface area contributed by atoms with Crippen LogP contribution in [0.2, 0.25) is 0 Å². The number of imide groups is 1. The molecule has 4 heterocycles. The summed E-state index contributed by atoms with van der Waals surface area (Å²) in [5, 5.41) is 17.7. The van der Waals surface area contributed by atoms with E-state index in [0.717, 1.165) is 70.1 Å². The van der Waals surface area contributed by atoms with E-state index in [4.69, 9.17) is 4.74 Å². The van der Waals surface area contributed by atoms with Gasteiger partial charge >= 0.3 is 6.03 Å². The Kier molecular flexibility index (Phi) is 10.5. The first-order valence-electron chi connectivity index (χ1n) is 20.5. The van der Waals surface area contributed by atoms with Crippen LogP contribution in [-0.4, -0.2) is 79.7 Å². The number of amides is 3. The van der Waals surface area contributed by atoms with Gasteiger partial charge in [0.05, 0.1) is 28.4 Å². The minimum absolute atomic E-state index is 0.0102. The highest BCUT2D eigenvalue weighted by atomic mass is 32.2. The zero-order chi connectivity index (χ0) is 41.9. The predicted octanol–water partition coefficient (Wildman–Crippen LogP) is 7.35. The summed E-state index contributed by atoms with van der Waals surface area (Å²) in [6.07, 6.45) is 8.26. The van der Waals surface area contributed by atoms with Gasteiger partial charge in [-0.1, -0.05) is 6.92 Å². The number of aromatic nitrogens is 4. The Morgan fingerprint density at radius 3 is 2.58 bits per heavy atom. The van der Waals surface area contributed by atoms with Crippen LogP contribution in [0, 0.1) is 28.4 Å². The summed E-state index contributed by atoms with van der Waals surface area (Å²) in [4.78, 5) is 46.7. The molecule has 2 aliphatic heterocycles. The number of rotatable bonds is 10. The molecule has 2 aliphatic carbocycles. The molecule has 5 aromatic rings. The summed E-state index contributed by atoms with van der Waals surface area (Å²) in [6.45, 7) is 4.90. The van der Waals surface area contributed by atoms with Gasteiger partial charge in [0.25, 0.3) is 5.56 Å². The van der Waals surface area contributed by atoms with Crippen molar-refractivity contribution in [1.82, 2.24) is 33.9 Å². The molecular weight excluding hydrogens is 791 g/mol. The van der Waals surface area contributed by atoms with Crippen LogP contribution in [0.1, 0.15) is 81.4 Å². The Balaban J connectivity index is 0.835. The molecule has 17 heteroatoms. The smallest absolute Gasteiger partial charge is 0.329 e. The maximum atomic E-state index is 15.8. The van der Waals surface area contributed by atoms with Gasteiger partial charge < -0.3 is 9.46 Å². The van der Waals surface area contributed by atoms with E-state index in [1.54, 1.807) is 40.8 Å². The number of halogens is 2. The number of benzene rings is 3. The molecule has 312 valence electrons. The first-order valence-corrected chi connectivity index (χ1v) is 21.3. The Morgan fingerprint density at radius 1 is 1.03 bits per heavy atom. The number of hydrogen-bond acceptors (Lipinski definition) is 11. The van der Waals surface area contributed by atoms with E-state index in [9.17, 15) is 19.6 Å². The molecule has 9 rings (SSSR count). The second-order valence-electron chi connectivity index (χ2n) is 16.7. The summed E-state index contributed by atoms with van der Waals surface area (Å²) in [7, 11) is 3.67. The summed E-state index contributed by atoms with van der Waals surface area (Å²) >= 11 is 1.28. The molecule has 14 nitrogen and oxygen atoms in total. The van der Waals surface area contributed by atoms with Crippen molar-refractivity contribution in [2.75, 3.05) is 42.8 Å². The van der Waals surface area contributed by atoms with Gasteiger partial charge in [0.1, 0.15) is 23.2 Å². The van der Waals surface area contributed by atoms with E-state index in [1.807, 2.05) is 24.3 Å². The quantitative estimate of drug-likeness (QED) is 0.136. The molecule has 2 saturated carbocycles. The van der Waals surface area contributed by atoms with Gasteiger partial charge in [-0.15, -0.1) is 0 Å². The second kappa shape index (κ2) is 15.8. The standard InChI is InChI=1S/C43H46F2N10O4S/c1-4-51(2)60-50-36-12-10-33(44)39(32(36)22-46)59-28-9-11-35-30(17-28)41(57)55(24-47-35)27-20-43(21-27)14-16-53(23-43)26-7-5-25(6-8-26)29-19-37-31(18-34(29)45)40(49-52(37)3)54-15-13-38(56)48-42(54)58/h9-12,17-19,24-27,50H,4-8,13-16,20-21,23H2,1-3H3,(H,48,56,58). The number of nitriles is 1. The van der Waals surface area contributed by atoms with Crippen LogP contribution < -0.4 is 25.2 Å². The molecule has 0 atom stereocenters. The highest BCUT2D eigenvalue weighted by Crippen LogP contribution is 2.55. The number of nitrogens with one attached hydrogen (secondary N) is 2. The molecule has 0 bridgehead atoms. The fourth-order valence-corrected chi connectivity index (χ4v) is 10.2. The van der Waals surface area contributed by atoms with Crippen LogP contribution in [0.25, 0.3) is 21.8 Å². The second-order valence-corrected chi connectivity index (χ2v) is 17.7. The molecule has 2 N–H and O–H groups in total. The van der Waals surface area contributed by atoms with E-state index in [0.29, 0.717) is 39.4 Å². The molecule has 0 unspecified atom stereocenters. The largest absolute Gasteiger partial charge is 0.453 e. The van der Waals surface area contributed by atoms with Crippen LogP contribution in [0.15, 0.2) is 53.6 Å². The first kappa shape index (κ1) is 39.9. The zero-order valence-corrected chi connectivity index (χ0v) is 34.5. The summed E-state index contributed by atoms with van der Waals surface area (Å²) in [6, 6.07) is 12.9. The lowest BCUT2D eigenvalue weighted by atomic mass is 9.64. The fraction of sp³-hybridized carbons (Fsp3) is 0.442. The van der Waals surface area contributed by atoms with E-state index < -0.39 is 11.8 Å². The lowest BCUT2D eigenvalue weighted by molar-refractivity contribution is -0.120. The third kappa shape index (κ3) is 7.24. The molecule has 2 saturated heterocycles. The minimum Gasteiger partial charge on any atom is -0.453 e. The predicted molar refractivity (Wildman–Crippen MR) is 225 cm³/mol. The lowest BCUT2D eigenvalue weighted by Gasteiger charge is -2.46. The molecule has 2 aromatic heterocycles. The number of anilines is 2. The van der Waals surface area contributed by atoms with E-state index in [1.165, 1.54) is 35.2 Å². The maximum Gasteiger partial charge on any atom is 0.329 e. The fourth-order valence-electron chi connectivity index (χ4n) is 9.66. The molecule has 1 spiro atoms. The van der Waals surface area contributed by atoms with Gasteiger partial charge in [0, 0.05) is 62.7 Å². The highest BCUT2D eigenvalue weighted by molar-refractivity contribution is 7.98. The monoisotopic (exact) mass is 836 g/mol. The van der Waals surface area contributed by atoms with Gasteiger partial charge in [-0.05, 0) is 118 Å². The van der Waals surface area contributed by atoms with Crippen LogP contribution in [0.4, 0.5) is 25.1 Å². The van der Waals surface area contributed by atoms with Crippen LogP contribution in [-0.2, 0) is 11.8 Å². The van der Waals surface area contributed by atoms with Crippen LogP contribution in [0.5, 0.6) is 11.5 Å². The number of likely N-dealkylation sites (tertiary alicyclic amines) is 1. The van der Waals surface area contributed by atoms with Crippen LogP contribution in [0.3, 0.4) is 0 Å².